The molecule has 1 spiro atoms. The molecule has 3 aliphatic rings. The summed E-state index contributed by atoms with van der Waals surface area (Å²) in [4.78, 5) is 53.4. The zero-order valence-corrected chi connectivity index (χ0v) is 20.2. The van der Waals surface area contributed by atoms with Crippen LogP contribution in [-0.4, -0.2) is 38.4 Å². The Bertz CT molecular complexity index is 1640. The van der Waals surface area contributed by atoms with Gasteiger partial charge in [0.2, 0.25) is 11.7 Å². The van der Waals surface area contributed by atoms with E-state index < -0.39 is 23.4 Å². The lowest BCUT2D eigenvalue weighted by Gasteiger charge is -2.38. The van der Waals surface area contributed by atoms with Crippen LogP contribution in [0.3, 0.4) is 0 Å². The summed E-state index contributed by atoms with van der Waals surface area (Å²) in [5, 5.41) is 3.05. The Morgan fingerprint density at radius 2 is 1.61 bits per heavy atom. The van der Waals surface area contributed by atoms with Crippen molar-refractivity contribution in [3.05, 3.63) is 132 Å². The van der Waals surface area contributed by atoms with Crippen LogP contribution in [0.2, 0.25) is 0 Å². The van der Waals surface area contributed by atoms with Gasteiger partial charge in [0.15, 0.2) is 5.78 Å². The number of pyridine rings is 2. The van der Waals surface area contributed by atoms with Crippen LogP contribution in [-0.2, 0) is 10.2 Å². The summed E-state index contributed by atoms with van der Waals surface area (Å²) in [6.45, 7) is 0. The Kier molecular flexibility index (Phi) is 4.88. The second-order valence-electron chi connectivity index (χ2n) is 9.77. The maximum atomic E-state index is 14.5. The molecule has 1 N–H and O–H groups in total. The van der Waals surface area contributed by atoms with Crippen LogP contribution in [0, 0.1) is 5.92 Å². The van der Waals surface area contributed by atoms with Crippen LogP contribution in [0.15, 0.2) is 104 Å². The molecular formula is C31H22N4O3. The van der Waals surface area contributed by atoms with Crippen LogP contribution < -0.4 is 5.32 Å². The molecule has 2 aromatic heterocycles. The lowest BCUT2D eigenvalue weighted by molar-refractivity contribution is -0.122. The summed E-state index contributed by atoms with van der Waals surface area (Å²) in [5.41, 5.74) is 2.51. The Morgan fingerprint density at radius 1 is 0.842 bits per heavy atom. The summed E-state index contributed by atoms with van der Waals surface area (Å²) < 4.78 is 0. The number of amides is 1. The zero-order valence-electron chi connectivity index (χ0n) is 20.2. The monoisotopic (exact) mass is 498 g/mol. The molecule has 7 heteroatoms. The van der Waals surface area contributed by atoms with Crippen molar-refractivity contribution >= 4 is 29.2 Å². The first-order chi connectivity index (χ1) is 18.6. The average molecular weight is 499 g/mol. The van der Waals surface area contributed by atoms with Crippen molar-refractivity contribution in [2.24, 2.45) is 5.92 Å². The molecule has 1 fully saturated rings. The number of hydrogen-bond acceptors (Lipinski definition) is 6. The molecule has 5 heterocycles. The van der Waals surface area contributed by atoms with Crippen molar-refractivity contribution in [2.75, 3.05) is 5.32 Å². The topological polar surface area (TPSA) is 92.3 Å². The quantitative estimate of drug-likeness (QED) is 0.418. The van der Waals surface area contributed by atoms with E-state index in [2.05, 4.69) is 15.3 Å². The number of carbonyl (C=O) groups is 3. The lowest BCUT2D eigenvalue weighted by atomic mass is 9.62. The smallest absolute Gasteiger partial charge is 0.238 e. The van der Waals surface area contributed by atoms with E-state index in [1.807, 2.05) is 65.7 Å². The van der Waals surface area contributed by atoms with E-state index in [0.29, 0.717) is 16.8 Å². The molecule has 0 saturated carbocycles. The van der Waals surface area contributed by atoms with Crippen molar-refractivity contribution in [2.45, 2.75) is 17.5 Å². The van der Waals surface area contributed by atoms with Crippen molar-refractivity contribution in [1.82, 2.24) is 14.9 Å². The normalized spacial score (nSPS) is 24.5. The Labute approximate surface area is 218 Å². The third-order valence-electron chi connectivity index (χ3n) is 8.00. The minimum Gasteiger partial charge on any atom is -0.358 e. The largest absolute Gasteiger partial charge is 0.358 e. The van der Waals surface area contributed by atoms with Crippen LogP contribution in [0.1, 0.15) is 43.6 Å². The molecule has 0 aliphatic carbocycles. The van der Waals surface area contributed by atoms with Gasteiger partial charge in [-0.15, -0.1) is 0 Å². The molecule has 7 rings (SSSR count). The van der Waals surface area contributed by atoms with Crippen molar-refractivity contribution in [3.63, 3.8) is 0 Å². The van der Waals surface area contributed by atoms with Gasteiger partial charge < -0.3 is 10.2 Å². The van der Waals surface area contributed by atoms with Gasteiger partial charge in [-0.05, 0) is 53.1 Å². The molecule has 3 aliphatic heterocycles. The van der Waals surface area contributed by atoms with Crippen LogP contribution >= 0.6 is 0 Å². The summed E-state index contributed by atoms with van der Waals surface area (Å²) >= 11 is 0. The molecule has 184 valence electrons. The first-order valence-corrected chi connectivity index (χ1v) is 12.5. The van der Waals surface area contributed by atoms with Gasteiger partial charge in [-0.1, -0.05) is 48.5 Å². The highest BCUT2D eigenvalue weighted by Crippen LogP contribution is 2.62. The molecule has 0 unspecified atom stereocenters. The summed E-state index contributed by atoms with van der Waals surface area (Å²) in [7, 11) is 0. The minimum atomic E-state index is -1.35. The lowest BCUT2D eigenvalue weighted by Crippen LogP contribution is -2.49. The van der Waals surface area contributed by atoms with E-state index in [9.17, 15) is 14.4 Å². The number of nitrogens with one attached hydrogen (secondary N) is 1. The first kappa shape index (κ1) is 22.3. The molecule has 2 aromatic carbocycles. The van der Waals surface area contributed by atoms with E-state index in [-0.39, 0.29) is 23.2 Å². The van der Waals surface area contributed by atoms with E-state index >= 15 is 0 Å². The van der Waals surface area contributed by atoms with Gasteiger partial charge in [-0.2, -0.15) is 0 Å². The van der Waals surface area contributed by atoms with E-state index in [0.717, 1.165) is 11.1 Å². The van der Waals surface area contributed by atoms with Gasteiger partial charge in [-0.25, -0.2) is 0 Å². The van der Waals surface area contributed by atoms with Crippen LogP contribution in [0.5, 0.6) is 0 Å². The molecule has 4 atom stereocenters. The SMILES string of the molecule is O=C(c1ccccn1)[C@@H]1[C@@H](C(=O)c2ccncc2)[C@@]2(C(=O)Nc3ccccc32)[C@H]2c3ccccc3C=CN12. The second kappa shape index (κ2) is 8.31. The third kappa shape index (κ3) is 2.93. The molecule has 7 nitrogen and oxygen atoms in total. The number of hydrogen-bond donors (Lipinski definition) is 1. The average Bonchev–Trinajstić information content (AvgIpc) is 3.45. The molecular weight excluding hydrogens is 476 g/mol. The van der Waals surface area contributed by atoms with Crippen molar-refractivity contribution in [1.29, 1.82) is 0 Å². The fourth-order valence-electron chi connectivity index (χ4n) is 6.52. The number of Topliss-reactive ketones (excluding diaryl/α,β-unsaturated/α-hetero) is 2. The fraction of sp³-hybridized carbons (Fsp3) is 0.129. The number of para-hydroxylation sites is 1. The molecule has 0 radical (unpaired) electrons. The number of benzene rings is 2. The molecule has 1 amide bonds. The number of fused-ring (bicyclic) bond motifs is 6. The van der Waals surface area contributed by atoms with Gasteiger partial charge in [0.05, 0.1) is 12.0 Å². The van der Waals surface area contributed by atoms with Gasteiger partial charge in [0, 0.05) is 36.0 Å². The molecule has 0 bridgehead atoms. The van der Waals surface area contributed by atoms with Gasteiger partial charge in [0.25, 0.3) is 0 Å². The van der Waals surface area contributed by atoms with E-state index in [1.54, 1.807) is 48.9 Å². The van der Waals surface area contributed by atoms with Crippen LogP contribution in [0.4, 0.5) is 5.69 Å². The predicted molar refractivity (Wildman–Crippen MR) is 141 cm³/mol. The number of ketones is 2. The number of rotatable bonds is 4. The minimum absolute atomic E-state index is 0.250. The summed E-state index contributed by atoms with van der Waals surface area (Å²) in [5.74, 6) is -1.90. The third-order valence-corrected chi connectivity index (χ3v) is 8.00. The van der Waals surface area contributed by atoms with Crippen molar-refractivity contribution in [3.8, 4) is 0 Å². The van der Waals surface area contributed by atoms with Gasteiger partial charge in [0.1, 0.15) is 17.2 Å². The van der Waals surface area contributed by atoms with E-state index in [4.69, 9.17) is 0 Å². The van der Waals surface area contributed by atoms with E-state index in [1.165, 1.54) is 0 Å². The number of nitrogens with zero attached hydrogens (tertiary/aromatic N) is 3. The maximum Gasteiger partial charge on any atom is 0.238 e. The standard InChI is InChI=1S/C31H22N4O3/c36-27(20-12-16-32-17-13-20)25-26(28(37)24-11-5-6-15-33-24)35-18-14-19-7-1-2-8-21(19)29(35)31(25)22-9-3-4-10-23(22)34-30(31)38/h1-18,25-26,29H,(H,34,38)/t25-,26-,29+,31+/m0/s1. The first-order valence-electron chi connectivity index (χ1n) is 12.5. The fourth-order valence-corrected chi connectivity index (χ4v) is 6.52. The summed E-state index contributed by atoms with van der Waals surface area (Å²) in [6.07, 6.45) is 8.46. The zero-order chi connectivity index (χ0) is 25.9. The number of carbonyl (C=O) groups excluding carboxylic acids is 3. The molecule has 38 heavy (non-hydrogen) atoms. The maximum absolute atomic E-state index is 14.5. The highest BCUT2D eigenvalue weighted by atomic mass is 16.2. The molecule has 1 saturated heterocycles. The second-order valence-corrected chi connectivity index (χ2v) is 9.77. The molecule has 4 aromatic rings. The van der Waals surface area contributed by atoms with Crippen LogP contribution in [0.25, 0.3) is 6.08 Å². The van der Waals surface area contributed by atoms with Crippen molar-refractivity contribution < 1.29 is 14.4 Å². The number of aromatic nitrogens is 2. The highest BCUT2D eigenvalue weighted by molar-refractivity contribution is 6.16. The summed E-state index contributed by atoms with van der Waals surface area (Å²) in [6, 6.07) is 22.2. The number of anilines is 1. The predicted octanol–water partition coefficient (Wildman–Crippen LogP) is 4.46. The Morgan fingerprint density at radius 3 is 2.42 bits per heavy atom. The van der Waals surface area contributed by atoms with Gasteiger partial charge >= 0.3 is 0 Å². The van der Waals surface area contributed by atoms with Gasteiger partial charge in [-0.3, -0.25) is 24.4 Å². The highest BCUT2D eigenvalue weighted by Gasteiger charge is 2.70. The Hall–Kier alpha value is -4.91. The Balaban J connectivity index is 1.55.